The summed E-state index contributed by atoms with van der Waals surface area (Å²) in [6, 6.07) is 34.0. The van der Waals surface area contributed by atoms with Gasteiger partial charge in [-0.05, 0) is 56.6 Å². The second kappa shape index (κ2) is 9.72. The van der Waals surface area contributed by atoms with Crippen LogP contribution in [-0.2, 0) is 10.3 Å². The van der Waals surface area contributed by atoms with Gasteiger partial charge in [0.15, 0.2) is 11.6 Å². The predicted octanol–water partition coefficient (Wildman–Crippen LogP) is 6.43. The fourth-order valence-electron chi connectivity index (χ4n) is 8.42. The number of aromatic nitrogens is 1. The number of aryl methyl sites for hydroxylation is 1. The Morgan fingerprint density at radius 1 is 0.911 bits per heavy atom. The number of rotatable bonds is 4. The van der Waals surface area contributed by atoms with Crippen LogP contribution in [0.3, 0.4) is 0 Å². The predicted molar refractivity (Wildman–Crippen MR) is 175 cm³/mol. The van der Waals surface area contributed by atoms with E-state index in [1.807, 2.05) is 96.9 Å². The third-order valence-electron chi connectivity index (χ3n) is 10.3. The van der Waals surface area contributed by atoms with Crippen LogP contribution in [-0.4, -0.2) is 34.2 Å². The van der Waals surface area contributed by atoms with Crippen molar-refractivity contribution in [2.24, 2.45) is 5.92 Å². The van der Waals surface area contributed by atoms with Gasteiger partial charge >= 0.3 is 0 Å². The van der Waals surface area contributed by atoms with Crippen molar-refractivity contribution in [1.29, 1.82) is 0 Å². The molecule has 4 atom stereocenters. The van der Waals surface area contributed by atoms with Crippen molar-refractivity contribution in [2.45, 2.75) is 37.3 Å². The lowest BCUT2D eigenvalue weighted by molar-refractivity contribution is -0.127. The molecule has 4 unspecified atom stereocenters. The van der Waals surface area contributed by atoms with E-state index in [-0.39, 0.29) is 23.7 Å². The van der Waals surface area contributed by atoms with Crippen LogP contribution in [0.25, 0.3) is 10.9 Å². The molecule has 2 saturated heterocycles. The normalized spacial score (nSPS) is 24.9. The van der Waals surface area contributed by atoms with Crippen LogP contribution in [0.1, 0.15) is 45.8 Å². The van der Waals surface area contributed by atoms with Gasteiger partial charge in [0, 0.05) is 39.7 Å². The van der Waals surface area contributed by atoms with Gasteiger partial charge in [0.25, 0.3) is 0 Å². The molecule has 4 aliphatic heterocycles. The van der Waals surface area contributed by atoms with Gasteiger partial charge in [-0.25, -0.2) is 9.99 Å². The highest BCUT2D eigenvalue weighted by atomic mass is 16.2. The molecule has 0 radical (unpaired) electrons. The van der Waals surface area contributed by atoms with Crippen LogP contribution < -0.4 is 21.3 Å². The summed E-state index contributed by atoms with van der Waals surface area (Å²) < 4.78 is 0. The number of nitrogens with zero attached hydrogens (tertiary/aromatic N) is 3. The molecule has 0 aliphatic carbocycles. The monoisotopic (exact) mass is 592 g/mol. The maximum atomic E-state index is 15.1. The summed E-state index contributed by atoms with van der Waals surface area (Å²) in [6.07, 6.45) is 1.83. The third kappa shape index (κ3) is 3.64. The van der Waals surface area contributed by atoms with Gasteiger partial charge in [-0.2, -0.15) is 0 Å². The van der Waals surface area contributed by atoms with Crippen LogP contribution in [0.5, 0.6) is 0 Å². The van der Waals surface area contributed by atoms with Gasteiger partial charge in [0.05, 0.1) is 22.8 Å². The number of fused-ring (bicyclic) bond motifs is 6. The van der Waals surface area contributed by atoms with E-state index >= 15 is 4.79 Å². The van der Waals surface area contributed by atoms with Crippen LogP contribution in [0.2, 0.25) is 0 Å². The van der Waals surface area contributed by atoms with Crippen molar-refractivity contribution in [3.8, 4) is 0 Å². The van der Waals surface area contributed by atoms with Crippen molar-refractivity contribution < 1.29 is 9.59 Å². The molecule has 45 heavy (non-hydrogen) atoms. The summed E-state index contributed by atoms with van der Waals surface area (Å²) in [7, 11) is 0. The first-order chi connectivity index (χ1) is 22.1. The third-order valence-corrected chi connectivity index (χ3v) is 10.3. The molecule has 5 heterocycles. The van der Waals surface area contributed by atoms with Gasteiger partial charge in [-0.3, -0.25) is 14.5 Å². The van der Waals surface area contributed by atoms with E-state index in [0.717, 1.165) is 69.9 Å². The highest BCUT2D eigenvalue weighted by molar-refractivity contribution is 6.12. The van der Waals surface area contributed by atoms with Crippen molar-refractivity contribution >= 4 is 45.5 Å². The number of ketones is 1. The molecule has 222 valence electrons. The molecule has 1 spiro atoms. The van der Waals surface area contributed by atoms with Gasteiger partial charge in [-0.15, -0.1) is 5.53 Å². The lowest BCUT2D eigenvalue weighted by atomic mass is 9.68. The Morgan fingerprint density at radius 2 is 1.67 bits per heavy atom. The largest absolute Gasteiger partial charge is 0.324 e. The summed E-state index contributed by atoms with van der Waals surface area (Å²) in [6.45, 7) is 2.76. The number of hydrazine groups is 2. The minimum atomic E-state index is -1.14. The molecule has 8 nitrogen and oxygen atoms in total. The van der Waals surface area contributed by atoms with E-state index in [9.17, 15) is 4.79 Å². The van der Waals surface area contributed by atoms with Gasteiger partial charge in [0.2, 0.25) is 5.91 Å². The van der Waals surface area contributed by atoms with Crippen molar-refractivity contribution in [3.63, 3.8) is 0 Å². The SMILES string of the molecule is Cc1ccc(C(=O)C2C(c3cc4ccccc4nc3N3NNc4ccccc43)C3CCCN3C23C(=O)Nc2ccccc23)cc1. The molecule has 4 aromatic carbocycles. The number of benzene rings is 4. The average Bonchev–Trinajstić information content (AvgIpc) is 3.83. The zero-order valence-corrected chi connectivity index (χ0v) is 24.8. The molecular formula is C37H32N6O2. The zero-order valence-electron chi connectivity index (χ0n) is 24.8. The van der Waals surface area contributed by atoms with Gasteiger partial charge in [-0.1, -0.05) is 78.4 Å². The van der Waals surface area contributed by atoms with Gasteiger partial charge in [0.1, 0.15) is 5.54 Å². The number of amides is 1. The molecule has 4 aliphatic rings. The zero-order chi connectivity index (χ0) is 30.3. The van der Waals surface area contributed by atoms with Crippen LogP contribution in [0.15, 0.2) is 103 Å². The molecule has 5 aromatic rings. The molecular weight excluding hydrogens is 560 g/mol. The standard InChI is InChI=1S/C37H32N6O2/c1-22-16-18-23(19-17-22)34(44)33-32(31-15-8-20-42(31)37(33)26-10-3-5-12-28(26)39-36(37)45)25-21-24-9-2-4-11-27(24)38-35(25)43-30-14-7-6-13-29(30)40-41-43/h2-7,9-14,16-19,21,31-33,40-41H,8,15,20H2,1H3,(H,39,45). The number of anilines is 4. The topological polar surface area (TPSA) is 89.6 Å². The Balaban J connectivity index is 1.33. The molecule has 3 N–H and O–H groups in total. The Kier molecular flexibility index (Phi) is 5.70. The number of para-hydroxylation sites is 4. The van der Waals surface area contributed by atoms with Crippen LogP contribution in [0, 0.1) is 12.8 Å². The van der Waals surface area contributed by atoms with Crippen molar-refractivity contribution in [3.05, 3.63) is 125 Å². The summed E-state index contributed by atoms with van der Waals surface area (Å²) in [5.41, 5.74) is 12.6. The minimum absolute atomic E-state index is 0.0201. The maximum Gasteiger partial charge on any atom is 0.250 e. The molecule has 0 saturated carbocycles. The number of pyridine rings is 1. The first-order valence-electron chi connectivity index (χ1n) is 15.6. The lowest BCUT2D eigenvalue weighted by Gasteiger charge is -2.37. The van der Waals surface area contributed by atoms with Crippen molar-refractivity contribution in [2.75, 3.05) is 22.3 Å². The maximum absolute atomic E-state index is 15.1. The Hall–Kier alpha value is -5.05. The Labute approximate surface area is 261 Å². The van der Waals surface area contributed by atoms with E-state index in [1.54, 1.807) is 0 Å². The summed E-state index contributed by atoms with van der Waals surface area (Å²) >= 11 is 0. The van der Waals surface area contributed by atoms with E-state index in [2.05, 4.69) is 39.4 Å². The molecule has 8 heteroatoms. The first kappa shape index (κ1) is 26.4. The Bertz CT molecular complexity index is 2030. The van der Waals surface area contributed by atoms with E-state index in [0.29, 0.717) is 5.56 Å². The lowest BCUT2D eigenvalue weighted by Crippen LogP contribution is -2.52. The second-order valence-electron chi connectivity index (χ2n) is 12.6. The fourth-order valence-corrected chi connectivity index (χ4v) is 8.42. The van der Waals surface area contributed by atoms with Crippen LogP contribution >= 0.6 is 0 Å². The number of nitrogens with one attached hydrogen (secondary N) is 3. The average molecular weight is 593 g/mol. The molecule has 9 rings (SSSR count). The Morgan fingerprint density at radius 3 is 2.53 bits per heavy atom. The molecule has 1 amide bonds. The number of carbonyl (C=O) groups is 2. The number of Topliss-reactive ketones (excluding diaryl/α,β-unsaturated/α-hetero) is 1. The molecule has 1 aromatic heterocycles. The highest BCUT2D eigenvalue weighted by Gasteiger charge is 2.69. The van der Waals surface area contributed by atoms with E-state index < -0.39 is 11.5 Å². The number of carbonyl (C=O) groups excluding carboxylic acids is 2. The van der Waals surface area contributed by atoms with Crippen LogP contribution in [0.4, 0.5) is 22.9 Å². The smallest absolute Gasteiger partial charge is 0.250 e. The number of hydrogen-bond donors (Lipinski definition) is 3. The first-order valence-corrected chi connectivity index (χ1v) is 15.6. The second-order valence-corrected chi connectivity index (χ2v) is 12.6. The highest BCUT2D eigenvalue weighted by Crippen LogP contribution is 2.62. The minimum Gasteiger partial charge on any atom is -0.324 e. The summed E-state index contributed by atoms with van der Waals surface area (Å²) in [4.78, 5) is 37.3. The quantitative estimate of drug-likeness (QED) is 0.207. The molecule has 2 fully saturated rings. The summed E-state index contributed by atoms with van der Waals surface area (Å²) in [5.74, 6) is -0.395. The van der Waals surface area contributed by atoms with Crippen molar-refractivity contribution in [1.82, 2.24) is 15.4 Å². The number of hydrogen-bond acceptors (Lipinski definition) is 7. The van der Waals surface area contributed by atoms with E-state index in [4.69, 9.17) is 4.98 Å². The fraction of sp³-hybridized carbons (Fsp3) is 0.216. The molecule has 0 bridgehead atoms. The van der Waals surface area contributed by atoms with E-state index in [1.165, 1.54) is 0 Å². The summed E-state index contributed by atoms with van der Waals surface area (Å²) in [5, 5.41) is 6.17. The van der Waals surface area contributed by atoms with Gasteiger partial charge < -0.3 is 10.7 Å².